The summed E-state index contributed by atoms with van der Waals surface area (Å²) in [4.78, 5) is 16.3. The minimum atomic E-state index is -0.403. The summed E-state index contributed by atoms with van der Waals surface area (Å²) in [5, 5.41) is 0. The molecule has 0 aromatic heterocycles. The molecule has 0 aliphatic carbocycles. The Morgan fingerprint density at radius 2 is 2.07 bits per heavy atom. The van der Waals surface area contributed by atoms with E-state index in [0.29, 0.717) is 6.42 Å². The quantitative estimate of drug-likeness (QED) is 0.730. The molecule has 3 heteroatoms. The molecule has 0 radical (unpaired) electrons. The number of nitrogens with one attached hydrogen (secondary N) is 1. The van der Waals surface area contributed by atoms with Crippen LogP contribution in [0.4, 0.5) is 5.69 Å². The molecule has 1 aromatic rings. The molecule has 0 aliphatic heterocycles. The van der Waals surface area contributed by atoms with Crippen LogP contribution in [0.1, 0.15) is 20.3 Å². The number of carbonyl (C=O) groups is 1. The van der Waals surface area contributed by atoms with Crippen molar-refractivity contribution in [1.82, 2.24) is 0 Å². The smallest absolute Gasteiger partial charge is 0.163 e. The van der Waals surface area contributed by atoms with E-state index in [-0.39, 0.29) is 5.78 Å². The number of carbonyl (C=O) groups excluding carboxylic acids is 1. The van der Waals surface area contributed by atoms with Crippen LogP contribution in [0.15, 0.2) is 30.3 Å². The summed E-state index contributed by atoms with van der Waals surface area (Å²) in [6.07, 6.45) is 0.0951. The second-order valence-corrected chi connectivity index (χ2v) is 3.05. The lowest BCUT2D eigenvalue weighted by molar-refractivity contribution is -0.127. The van der Waals surface area contributed by atoms with Gasteiger partial charge >= 0.3 is 0 Å². The summed E-state index contributed by atoms with van der Waals surface area (Å²) in [6.45, 7) is 3.56. The van der Waals surface area contributed by atoms with E-state index in [1.54, 1.807) is 6.92 Å². The minimum absolute atomic E-state index is 0.0911. The maximum absolute atomic E-state index is 11.2. The standard InChI is InChI=1S/C11H15NO2/c1-3-11(13)9(2)14-12-10-7-5-4-6-8-10/h4-9,12H,3H2,1-2H3/t9-/m0/s1. The predicted octanol–water partition coefficient (Wildman–Crippen LogP) is 2.40. The first kappa shape index (κ1) is 10.7. The van der Waals surface area contributed by atoms with Crippen molar-refractivity contribution in [3.63, 3.8) is 0 Å². The maximum atomic E-state index is 11.2. The summed E-state index contributed by atoms with van der Waals surface area (Å²) >= 11 is 0. The zero-order valence-electron chi connectivity index (χ0n) is 8.49. The molecule has 0 aliphatic rings. The van der Waals surface area contributed by atoms with Gasteiger partial charge in [0, 0.05) is 6.42 Å². The van der Waals surface area contributed by atoms with Gasteiger partial charge in [0.15, 0.2) is 5.78 Å². The molecular formula is C11H15NO2. The summed E-state index contributed by atoms with van der Waals surface area (Å²) < 4.78 is 0. The topological polar surface area (TPSA) is 38.3 Å². The first-order chi connectivity index (χ1) is 6.74. The molecule has 0 saturated heterocycles. The Morgan fingerprint density at radius 1 is 1.43 bits per heavy atom. The van der Waals surface area contributed by atoms with Gasteiger partial charge in [0.05, 0.1) is 5.69 Å². The molecule has 0 bridgehead atoms. The third-order valence-corrected chi connectivity index (χ3v) is 1.93. The van der Waals surface area contributed by atoms with Gasteiger partial charge in [-0.1, -0.05) is 25.1 Å². The highest BCUT2D eigenvalue weighted by atomic mass is 16.7. The van der Waals surface area contributed by atoms with E-state index in [4.69, 9.17) is 4.84 Å². The van der Waals surface area contributed by atoms with Crippen molar-refractivity contribution >= 4 is 11.5 Å². The highest BCUT2D eigenvalue weighted by Gasteiger charge is 2.10. The van der Waals surface area contributed by atoms with Crippen LogP contribution in [0, 0.1) is 0 Å². The average Bonchev–Trinajstić information content (AvgIpc) is 2.26. The van der Waals surface area contributed by atoms with Crippen molar-refractivity contribution in [2.45, 2.75) is 26.4 Å². The van der Waals surface area contributed by atoms with Gasteiger partial charge in [-0.2, -0.15) is 0 Å². The first-order valence-electron chi connectivity index (χ1n) is 4.73. The van der Waals surface area contributed by atoms with E-state index < -0.39 is 6.10 Å². The number of hydrogen-bond acceptors (Lipinski definition) is 3. The van der Waals surface area contributed by atoms with Gasteiger partial charge in [0.25, 0.3) is 0 Å². The molecule has 14 heavy (non-hydrogen) atoms. The lowest BCUT2D eigenvalue weighted by atomic mass is 10.2. The van der Waals surface area contributed by atoms with Crippen LogP contribution in [-0.2, 0) is 9.63 Å². The zero-order chi connectivity index (χ0) is 10.4. The number of rotatable bonds is 5. The maximum Gasteiger partial charge on any atom is 0.163 e. The van der Waals surface area contributed by atoms with E-state index in [9.17, 15) is 4.79 Å². The molecule has 1 rings (SSSR count). The van der Waals surface area contributed by atoms with Gasteiger partial charge in [0.2, 0.25) is 0 Å². The van der Waals surface area contributed by atoms with Crippen molar-refractivity contribution in [1.29, 1.82) is 0 Å². The van der Waals surface area contributed by atoms with Gasteiger partial charge < -0.3 is 0 Å². The highest BCUT2D eigenvalue weighted by molar-refractivity contribution is 5.82. The van der Waals surface area contributed by atoms with Gasteiger partial charge in [-0.05, 0) is 19.1 Å². The molecule has 0 unspecified atom stereocenters. The number of Topliss-reactive ketones (excluding diaryl/α,β-unsaturated/α-hetero) is 1. The van der Waals surface area contributed by atoms with Gasteiger partial charge in [-0.25, -0.2) is 0 Å². The van der Waals surface area contributed by atoms with Gasteiger partial charge in [0.1, 0.15) is 6.10 Å². The summed E-state index contributed by atoms with van der Waals surface area (Å²) in [5.74, 6) is 0.0911. The lowest BCUT2D eigenvalue weighted by Crippen LogP contribution is -2.22. The second-order valence-electron chi connectivity index (χ2n) is 3.05. The monoisotopic (exact) mass is 193 g/mol. The SMILES string of the molecule is CCC(=O)[C@H](C)ONc1ccccc1. The van der Waals surface area contributed by atoms with Crippen molar-refractivity contribution < 1.29 is 9.63 Å². The number of benzene rings is 1. The summed E-state index contributed by atoms with van der Waals surface area (Å²) in [5.41, 5.74) is 3.59. The van der Waals surface area contributed by atoms with E-state index in [1.165, 1.54) is 0 Å². The molecule has 0 saturated carbocycles. The van der Waals surface area contributed by atoms with E-state index in [1.807, 2.05) is 37.3 Å². The zero-order valence-corrected chi connectivity index (χ0v) is 8.49. The van der Waals surface area contributed by atoms with Gasteiger partial charge in [-0.3, -0.25) is 15.1 Å². The fourth-order valence-corrected chi connectivity index (χ4v) is 1.02. The Kier molecular flexibility index (Phi) is 4.13. The van der Waals surface area contributed by atoms with Gasteiger partial charge in [-0.15, -0.1) is 0 Å². The molecule has 0 heterocycles. The predicted molar refractivity (Wildman–Crippen MR) is 55.9 cm³/mol. The second kappa shape index (κ2) is 5.40. The molecule has 0 amide bonds. The number of anilines is 1. The molecular weight excluding hydrogens is 178 g/mol. The van der Waals surface area contributed by atoms with Crippen LogP contribution in [0.2, 0.25) is 0 Å². The van der Waals surface area contributed by atoms with Crippen LogP contribution >= 0.6 is 0 Å². The molecule has 1 aromatic carbocycles. The van der Waals surface area contributed by atoms with E-state index in [0.717, 1.165) is 5.69 Å². The molecule has 1 N–H and O–H groups in total. The van der Waals surface area contributed by atoms with Crippen molar-refractivity contribution in [2.24, 2.45) is 0 Å². The highest BCUT2D eigenvalue weighted by Crippen LogP contribution is 2.06. The van der Waals surface area contributed by atoms with Crippen molar-refractivity contribution in [2.75, 3.05) is 5.48 Å². The molecule has 1 atom stereocenters. The van der Waals surface area contributed by atoms with E-state index >= 15 is 0 Å². The Labute approximate surface area is 84.0 Å². The van der Waals surface area contributed by atoms with Crippen LogP contribution in [0.25, 0.3) is 0 Å². The molecule has 3 nitrogen and oxygen atoms in total. The Balaban J connectivity index is 2.38. The third kappa shape index (κ3) is 3.18. The third-order valence-electron chi connectivity index (χ3n) is 1.93. The average molecular weight is 193 g/mol. The minimum Gasteiger partial charge on any atom is -0.297 e. The Bertz CT molecular complexity index is 285. The number of ketones is 1. The molecule has 0 fully saturated rings. The fourth-order valence-electron chi connectivity index (χ4n) is 1.02. The summed E-state index contributed by atoms with van der Waals surface area (Å²) in [7, 11) is 0. The van der Waals surface area contributed by atoms with Crippen LogP contribution < -0.4 is 5.48 Å². The molecule has 0 spiro atoms. The van der Waals surface area contributed by atoms with Crippen LogP contribution in [0.5, 0.6) is 0 Å². The fraction of sp³-hybridized carbons (Fsp3) is 0.364. The normalized spacial score (nSPS) is 12.1. The lowest BCUT2D eigenvalue weighted by Gasteiger charge is -2.11. The number of para-hydroxylation sites is 1. The van der Waals surface area contributed by atoms with Crippen molar-refractivity contribution in [3.8, 4) is 0 Å². The Hall–Kier alpha value is -1.35. The van der Waals surface area contributed by atoms with Crippen LogP contribution in [0.3, 0.4) is 0 Å². The molecule has 76 valence electrons. The van der Waals surface area contributed by atoms with E-state index in [2.05, 4.69) is 5.48 Å². The Morgan fingerprint density at radius 3 is 2.64 bits per heavy atom. The largest absolute Gasteiger partial charge is 0.297 e. The number of hydrogen-bond donors (Lipinski definition) is 1. The summed E-state index contributed by atoms with van der Waals surface area (Å²) in [6, 6.07) is 9.48. The van der Waals surface area contributed by atoms with Crippen LogP contribution in [-0.4, -0.2) is 11.9 Å². The van der Waals surface area contributed by atoms with Crippen molar-refractivity contribution in [3.05, 3.63) is 30.3 Å². The first-order valence-corrected chi connectivity index (χ1v) is 4.73.